The number of nitrogens with one attached hydrogen (secondary N) is 3. The molecule has 5 rings (SSSR count). The smallest absolute Gasteiger partial charge is 0.261 e. The zero-order valence-corrected chi connectivity index (χ0v) is 17.1. The molecule has 3 aromatic rings. The summed E-state index contributed by atoms with van der Waals surface area (Å²) < 4.78 is 39.3. The summed E-state index contributed by atoms with van der Waals surface area (Å²) in [5.41, 5.74) is 1.21. The lowest BCUT2D eigenvalue weighted by atomic mass is 10.0. The topological polar surface area (TPSA) is 105 Å². The van der Waals surface area contributed by atoms with Crippen LogP contribution in [0.25, 0.3) is 17.3 Å². The van der Waals surface area contributed by atoms with Gasteiger partial charge < -0.3 is 19.8 Å². The number of H-pyrrole nitrogens is 2. The first-order chi connectivity index (χ1) is 16.1. The molecular weight excluding hydrogens is 432 g/mol. The van der Waals surface area contributed by atoms with Crippen LogP contribution in [0.5, 0.6) is 0 Å². The van der Waals surface area contributed by atoms with Crippen molar-refractivity contribution in [3.8, 4) is 11.5 Å². The summed E-state index contributed by atoms with van der Waals surface area (Å²) in [7, 11) is 0. The van der Waals surface area contributed by atoms with E-state index >= 15 is 0 Å². The molecule has 0 atom stereocenters. The van der Waals surface area contributed by atoms with Crippen LogP contribution in [0.3, 0.4) is 0 Å². The van der Waals surface area contributed by atoms with E-state index in [1.54, 1.807) is 6.20 Å². The highest BCUT2D eigenvalue weighted by Gasteiger charge is 2.22. The normalized spacial score (nSPS) is 15.2. The Morgan fingerprint density at radius 1 is 1.12 bits per heavy atom. The number of nitrogens with zero attached hydrogens (tertiary/aromatic N) is 2. The summed E-state index contributed by atoms with van der Waals surface area (Å²) in [4.78, 5) is 19.9. The number of carbonyl (C=O) groups excluding carboxylic acids is 1. The fraction of sp³-hybridized carbons (Fsp3) is 0.0870. The number of benzene rings is 1. The predicted molar refractivity (Wildman–Crippen MR) is 115 cm³/mol. The molecular formula is C23H17F2N5O3. The van der Waals surface area contributed by atoms with Crippen LogP contribution in [-0.4, -0.2) is 26.1 Å². The Morgan fingerprint density at radius 2 is 1.94 bits per heavy atom. The average Bonchev–Trinajstić information content (AvgIpc) is 3.49. The van der Waals surface area contributed by atoms with E-state index in [2.05, 4.69) is 31.6 Å². The van der Waals surface area contributed by atoms with E-state index in [4.69, 9.17) is 9.47 Å². The zero-order valence-electron chi connectivity index (χ0n) is 17.1. The van der Waals surface area contributed by atoms with E-state index in [0.29, 0.717) is 23.0 Å². The van der Waals surface area contributed by atoms with Gasteiger partial charge in [-0.3, -0.25) is 9.89 Å². The summed E-state index contributed by atoms with van der Waals surface area (Å²) in [6.45, 7) is 0. The Hall–Kier alpha value is -4.47. The van der Waals surface area contributed by atoms with Crippen LogP contribution >= 0.6 is 0 Å². The van der Waals surface area contributed by atoms with Gasteiger partial charge in [0, 0.05) is 12.4 Å². The number of hydrogen-bond donors (Lipinski definition) is 3. The highest BCUT2D eigenvalue weighted by molar-refractivity contribution is 6.06. The van der Waals surface area contributed by atoms with E-state index in [0.717, 1.165) is 30.5 Å². The quantitative estimate of drug-likeness (QED) is 0.519. The van der Waals surface area contributed by atoms with Crippen LogP contribution < -0.4 is 5.32 Å². The lowest BCUT2D eigenvalue weighted by Crippen LogP contribution is -2.16. The second kappa shape index (κ2) is 8.58. The monoisotopic (exact) mass is 449 g/mol. The molecule has 0 fully saturated rings. The predicted octanol–water partition coefficient (Wildman–Crippen LogP) is 4.79. The van der Waals surface area contributed by atoms with Gasteiger partial charge in [-0.1, -0.05) is 24.3 Å². The van der Waals surface area contributed by atoms with Crippen molar-refractivity contribution < 1.29 is 23.0 Å². The van der Waals surface area contributed by atoms with Gasteiger partial charge in [-0.2, -0.15) is 5.10 Å². The van der Waals surface area contributed by atoms with E-state index in [9.17, 15) is 13.6 Å². The van der Waals surface area contributed by atoms with Crippen LogP contribution in [0.4, 0.5) is 14.5 Å². The summed E-state index contributed by atoms with van der Waals surface area (Å²) >= 11 is 0. The molecule has 1 aromatic carbocycles. The highest BCUT2D eigenvalue weighted by atomic mass is 19.1. The molecule has 10 heteroatoms. The largest absolute Gasteiger partial charge is 0.465 e. The molecule has 1 aliphatic carbocycles. The van der Waals surface area contributed by atoms with Gasteiger partial charge in [-0.05, 0) is 30.5 Å². The lowest BCUT2D eigenvalue weighted by molar-refractivity contribution is 0.101. The average molecular weight is 449 g/mol. The van der Waals surface area contributed by atoms with Crippen molar-refractivity contribution in [1.82, 2.24) is 20.2 Å². The van der Waals surface area contributed by atoms with E-state index in [-0.39, 0.29) is 11.4 Å². The molecule has 33 heavy (non-hydrogen) atoms. The summed E-state index contributed by atoms with van der Waals surface area (Å²) in [5, 5.41) is 9.16. The molecule has 0 saturated carbocycles. The summed E-state index contributed by atoms with van der Waals surface area (Å²) in [6, 6.07) is 3.20. The molecule has 166 valence electrons. The maximum atomic E-state index is 13.9. The molecule has 1 amide bonds. The number of imidazole rings is 1. The first-order valence-electron chi connectivity index (χ1n) is 10.0. The van der Waals surface area contributed by atoms with Crippen molar-refractivity contribution in [2.24, 2.45) is 0 Å². The van der Waals surface area contributed by atoms with E-state index in [1.807, 2.05) is 12.2 Å². The molecule has 8 nitrogen and oxygen atoms in total. The SMILES string of the molecule is O=C(Nc1c[nH]nc1-c1nc(C2=COC=C(C3=CC=CCC3)O2)c[nH]1)c1c(F)cccc1F. The lowest BCUT2D eigenvalue weighted by Gasteiger charge is -2.18. The minimum Gasteiger partial charge on any atom is -0.465 e. The number of aromatic amines is 2. The summed E-state index contributed by atoms with van der Waals surface area (Å²) in [6.07, 6.45) is 13.7. The van der Waals surface area contributed by atoms with Crippen LogP contribution in [-0.2, 0) is 9.47 Å². The van der Waals surface area contributed by atoms with Crippen LogP contribution in [0.1, 0.15) is 28.9 Å². The number of allylic oxidation sites excluding steroid dienone is 4. The van der Waals surface area contributed by atoms with Crippen LogP contribution in [0.2, 0.25) is 0 Å². The van der Waals surface area contributed by atoms with Gasteiger partial charge in [0.1, 0.15) is 35.4 Å². The Bertz CT molecular complexity index is 1330. The second-order valence-electron chi connectivity index (χ2n) is 7.19. The van der Waals surface area contributed by atoms with Gasteiger partial charge in [0.2, 0.25) is 0 Å². The maximum absolute atomic E-state index is 13.9. The van der Waals surface area contributed by atoms with Crippen LogP contribution in [0, 0.1) is 11.6 Å². The number of amides is 1. The number of hydrogen-bond acceptors (Lipinski definition) is 5. The Kier molecular flexibility index (Phi) is 5.31. The molecule has 0 spiro atoms. The van der Waals surface area contributed by atoms with Crippen molar-refractivity contribution in [1.29, 1.82) is 0 Å². The molecule has 1 aliphatic heterocycles. The molecule has 0 saturated heterocycles. The van der Waals surface area contributed by atoms with Crippen molar-refractivity contribution in [3.05, 3.63) is 95.6 Å². The van der Waals surface area contributed by atoms with Crippen molar-refractivity contribution >= 4 is 17.4 Å². The number of rotatable bonds is 5. The molecule has 2 aromatic heterocycles. The molecule has 0 unspecified atom stereocenters. The summed E-state index contributed by atoms with van der Waals surface area (Å²) in [5.74, 6) is -1.59. The van der Waals surface area contributed by atoms with Gasteiger partial charge in [0.25, 0.3) is 5.91 Å². The van der Waals surface area contributed by atoms with E-state index in [1.165, 1.54) is 24.8 Å². The molecule has 0 bridgehead atoms. The highest BCUT2D eigenvalue weighted by Crippen LogP contribution is 2.31. The molecule has 3 N–H and O–H groups in total. The molecule has 2 aliphatic rings. The standard InChI is InChI=1S/C23H17F2N5O3/c24-14-7-4-8-15(25)20(14)23(31)29-17-10-27-30-21(17)22-26-9-16(28-22)19-12-32-11-18(33-19)13-5-2-1-3-6-13/h1-2,4-5,7-12H,3,6H2,(H,26,28)(H,27,30)(H,29,31). The van der Waals surface area contributed by atoms with Gasteiger partial charge in [-0.15, -0.1) is 0 Å². The molecule has 3 heterocycles. The first kappa shape index (κ1) is 20.4. The Morgan fingerprint density at radius 3 is 2.73 bits per heavy atom. The third-order valence-corrected chi connectivity index (χ3v) is 5.03. The molecule has 0 radical (unpaired) electrons. The minimum atomic E-state index is -0.966. The number of carbonyl (C=O) groups is 1. The first-order valence-corrected chi connectivity index (χ1v) is 10.0. The third kappa shape index (κ3) is 4.05. The van der Waals surface area contributed by atoms with Crippen LogP contribution in [0.15, 0.2) is 72.7 Å². The number of anilines is 1. The number of aromatic nitrogens is 4. The van der Waals surface area contributed by atoms with E-state index < -0.39 is 23.1 Å². The zero-order chi connectivity index (χ0) is 22.8. The third-order valence-electron chi connectivity index (χ3n) is 5.03. The maximum Gasteiger partial charge on any atom is 0.261 e. The second-order valence-corrected chi connectivity index (χ2v) is 7.19. The fourth-order valence-corrected chi connectivity index (χ4v) is 3.42. The minimum absolute atomic E-state index is 0.193. The Balaban J connectivity index is 1.35. The van der Waals surface area contributed by atoms with Crippen molar-refractivity contribution in [2.75, 3.05) is 5.32 Å². The van der Waals surface area contributed by atoms with Gasteiger partial charge >= 0.3 is 0 Å². The number of halogens is 2. The van der Waals surface area contributed by atoms with Crippen molar-refractivity contribution in [2.45, 2.75) is 12.8 Å². The number of ether oxygens (including phenoxy) is 2. The van der Waals surface area contributed by atoms with Gasteiger partial charge in [0.05, 0.1) is 5.69 Å². The van der Waals surface area contributed by atoms with Crippen molar-refractivity contribution in [3.63, 3.8) is 0 Å². The van der Waals surface area contributed by atoms with Gasteiger partial charge in [-0.25, -0.2) is 13.8 Å². The fourth-order valence-electron chi connectivity index (χ4n) is 3.42. The Labute approximate surface area is 186 Å². The van der Waals surface area contributed by atoms with Gasteiger partial charge in [0.15, 0.2) is 23.0 Å².